The molecule has 0 fully saturated rings. The molecule has 0 spiro atoms. The maximum Gasteiger partial charge on any atom is 0.261 e. The van der Waals surface area contributed by atoms with Crippen molar-refractivity contribution in [1.29, 1.82) is 0 Å². The van der Waals surface area contributed by atoms with Gasteiger partial charge < -0.3 is 5.73 Å². The molecule has 0 aliphatic carbocycles. The largest absolute Gasteiger partial charge is 0.322 e. The van der Waals surface area contributed by atoms with E-state index in [1.54, 1.807) is 12.3 Å². The smallest absolute Gasteiger partial charge is 0.261 e. The van der Waals surface area contributed by atoms with E-state index in [4.69, 9.17) is 5.73 Å². The minimum atomic E-state index is -0.220. The molecule has 2 N–H and O–H groups in total. The van der Waals surface area contributed by atoms with Gasteiger partial charge in [-0.2, -0.15) is 10.1 Å². The molecule has 0 atom stereocenters. The van der Waals surface area contributed by atoms with E-state index in [0.717, 1.165) is 11.3 Å². The average Bonchev–Trinajstić information content (AvgIpc) is 2.50. The summed E-state index contributed by atoms with van der Waals surface area (Å²) in [6.07, 6.45) is 5.28. The Kier molecular flexibility index (Phi) is 2.60. The van der Waals surface area contributed by atoms with Gasteiger partial charge in [-0.1, -0.05) is 24.3 Å². The molecule has 15 heavy (non-hydrogen) atoms. The summed E-state index contributed by atoms with van der Waals surface area (Å²) in [6, 6.07) is 7.55. The molecule has 0 saturated heterocycles. The zero-order valence-corrected chi connectivity index (χ0v) is 8.13. The summed E-state index contributed by atoms with van der Waals surface area (Å²) in [5.74, 6) is -0.220. The van der Waals surface area contributed by atoms with Crippen LogP contribution < -0.4 is 10.7 Å². The summed E-state index contributed by atoms with van der Waals surface area (Å²) in [4.78, 5) is 11.5. The van der Waals surface area contributed by atoms with Gasteiger partial charge in [0, 0.05) is 11.8 Å². The van der Waals surface area contributed by atoms with Crippen LogP contribution in [0.25, 0.3) is 6.08 Å². The molecular formula is C11H11N3O. The van der Waals surface area contributed by atoms with Crippen molar-refractivity contribution >= 4 is 23.9 Å². The van der Waals surface area contributed by atoms with Crippen LogP contribution in [-0.2, 0) is 4.79 Å². The van der Waals surface area contributed by atoms with Crippen LogP contribution in [0.3, 0.4) is 0 Å². The van der Waals surface area contributed by atoms with Gasteiger partial charge in [0.15, 0.2) is 0 Å². The predicted molar refractivity (Wildman–Crippen MR) is 60.5 cm³/mol. The van der Waals surface area contributed by atoms with Crippen LogP contribution in [0.5, 0.6) is 0 Å². The number of allylic oxidation sites excluding steroid dienone is 1. The topological polar surface area (TPSA) is 58.7 Å². The average molecular weight is 201 g/mol. The van der Waals surface area contributed by atoms with Crippen LogP contribution in [-0.4, -0.2) is 18.7 Å². The zero-order valence-electron chi connectivity index (χ0n) is 8.13. The minimum absolute atomic E-state index is 0.0499. The fourth-order valence-electron chi connectivity index (χ4n) is 1.42. The number of carbonyl (C=O) groups is 1. The van der Waals surface area contributed by atoms with E-state index in [9.17, 15) is 4.79 Å². The van der Waals surface area contributed by atoms with Gasteiger partial charge in [-0.05, 0) is 12.1 Å². The number of amides is 1. The Morgan fingerprint density at radius 2 is 2.20 bits per heavy atom. The lowest BCUT2D eigenvalue weighted by molar-refractivity contribution is -0.117. The van der Waals surface area contributed by atoms with E-state index >= 15 is 0 Å². The molecule has 1 aliphatic rings. The third kappa shape index (κ3) is 1.80. The number of anilines is 1. The van der Waals surface area contributed by atoms with Crippen molar-refractivity contribution in [3.05, 3.63) is 35.9 Å². The molecule has 0 radical (unpaired) electrons. The highest BCUT2D eigenvalue weighted by atomic mass is 16.2. The van der Waals surface area contributed by atoms with Crippen LogP contribution in [0.4, 0.5) is 5.69 Å². The van der Waals surface area contributed by atoms with Crippen molar-refractivity contribution in [2.45, 2.75) is 0 Å². The lowest BCUT2D eigenvalue weighted by Gasteiger charge is -2.16. The molecule has 1 aromatic carbocycles. The number of nitrogens with zero attached hydrogens (tertiary/aromatic N) is 2. The number of fused-ring (bicyclic) bond motifs is 1. The predicted octanol–water partition coefficient (Wildman–Crippen LogP) is 0.991. The summed E-state index contributed by atoms with van der Waals surface area (Å²) >= 11 is 0. The van der Waals surface area contributed by atoms with Gasteiger partial charge >= 0.3 is 0 Å². The summed E-state index contributed by atoms with van der Waals surface area (Å²) in [6.45, 7) is -0.0499. The fraction of sp³-hybridized carbons (Fsp3) is 0.0909. The Balaban J connectivity index is 2.48. The third-order valence-corrected chi connectivity index (χ3v) is 2.12. The normalized spacial score (nSPS) is 13.5. The van der Waals surface area contributed by atoms with E-state index in [2.05, 4.69) is 5.10 Å². The molecule has 4 nitrogen and oxygen atoms in total. The summed E-state index contributed by atoms with van der Waals surface area (Å²) in [5.41, 5.74) is 7.04. The second-order valence-corrected chi connectivity index (χ2v) is 3.09. The van der Waals surface area contributed by atoms with E-state index in [1.807, 2.05) is 30.3 Å². The molecule has 0 aromatic heterocycles. The van der Waals surface area contributed by atoms with Crippen molar-refractivity contribution in [3.63, 3.8) is 0 Å². The molecule has 2 rings (SSSR count). The number of para-hydroxylation sites is 1. The first-order chi connectivity index (χ1) is 7.33. The third-order valence-electron chi connectivity index (χ3n) is 2.12. The van der Waals surface area contributed by atoms with Crippen molar-refractivity contribution < 1.29 is 4.79 Å². The number of nitrogens with two attached hydrogens (primary N) is 1. The standard InChI is InChI=1S/C11H11N3O/c12-8-11(15)14-10-6-2-1-4-9(10)5-3-7-13-14/h1-7H,8,12H2. The van der Waals surface area contributed by atoms with Crippen molar-refractivity contribution in [1.82, 2.24) is 0 Å². The second-order valence-electron chi connectivity index (χ2n) is 3.09. The molecule has 1 aliphatic heterocycles. The fourth-order valence-corrected chi connectivity index (χ4v) is 1.42. The Hall–Kier alpha value is -1.94. The van der Waals surface area contributed by atoms with Crippen molar-refractivity contribution in [3.8, 4) is 0 Å². The Labute approximate surface area is 87.7 Å². The minimum Gasteiger partial charge on any atom is -0.322 e. The highest BCUT2D eigenvalue weighted by Gasteiger charge is 2.15. The molecule has 0 bridgehead atoms. The zero-order chi connectivity index (χ0) is 10.7. The van der Waals surface area contributed by atoms with E-state index in [1.165, 1.54) is 5.01 Å². The van der Waals surface area contributed by atoms with Gasteiger partial charge in [-0.3, -0.25) is 4.79 Å². The maximum absolute atomic E-state index is 11.5. The monoisotopic (exact) mass is 201 g/mol. The van der Waals surface area contributed by atoms with E-state index < -0.39 is 0 Å². The summed E-state index contributed by atoms with van der Waals surface area (Å²) < 4.78 is 0. The van der Waals surface area contributed by atoms with Gasteiger partial charge in [0.1, 0.15) is 0 Å². The lowest BCUT2D eigenvalue weighted by Crippen LogP contribution is -2.32. The van der Waals surface area contributed by atoms with Gasteiger partial charge in [-0.15, -0.1) is 0 Å². The highest BCUT2D eigenvalue weighted by molar-refractivity contribution is 5.99. The van der Waals surface area contributed by atoms with Crippen molar-refractivity contribution in [2.75, 3.05) is 11.6 Å². The molecule has 1 heterocycles. The number of hydrogen-bond acceptors (Lipinski definition) is 3. The number of hydrazone groups is 1. The van der Waals surface area contributed by atoms with Gasteiger partial charge in [0.25, 0.3) is 5.91 Å². The van der Waals surface area contributed by atoms with Gasteiger partial charge in [-0.25, -0.2) is 0 Å². The summed E-state index contributed by atoms with van der Waals surface area (Å²) in [5, 5.41) is 5.36. The quantitative estimate of drug-likeness (QED) is 0.736. The number of rotatable bonds is 1. The van der Waals surface area contributed by atoms with Crippen LogP contribution in [0, 0.1) is 0 Å². The van der Waals surface area contributed by atoms with E-state index in [-0.39, 0.29) is 12.5 Å². The van der Waals surface area contributed by atoms with Gasteiger partial charge in [0.05, 0.1) is 12.2 Å². The van der Waals surface area contributed by atoms with Crippen molar-refractivity contribution in [2.24, 2.45) is 10.8 Å². The second kappa shape index (κ2) is 4.06. The highest BCUT2D eigenvalue weighted by Crippen LogP contribution is 2.23. The van der Waals surface area contributed by atoms with Crippen LogP contribution >= 0.6 is 0 Å². The van der Waals surface area contributed by atoms with Crippen LogP contribution in [0.2, 0.25) is 0 Å². The molecule has 0 unspecified atom stereocenters. The Morgan fingerprint density at radius 1 is 1.40 bits per heavy atom. The van der Waals surface area contributed by atoms with Crippen LogP contribution in [0.15, 0.2) is 35.4 Å². The first-order valence-corrected chi connectivity index (χ1v) is 4.65. The first kappa shape index (κ1) is 9.61. The molecule has 0 saturated carbocycles. The summed E-state index contributed by atoms with van der Waals surface area (Å²) in [7, 11) is 0. The number of carbonyl (C=O) groups excluding carboxylic acids is 1. The SMILES string of the molecule is NCC(=O)N1N=CC=Cc2ccccc21. The van der Waals surface area contributed by atoms with E-state index in [0.29, 0.717) is 0 Å². The number of hydrogen-bond donors (Lipinski definition) is 1. The Morgan fingerprint density at radius 3 is 3.00 bits per heavy atom. The molecule has 4 heteroatoms. The lowest BCUT2D eigenvalue weighted by atomic mass is 10.1. The molecule has 1 amide bonds. The van der Waals surface area contributed by atoms with Gasteiger partial charge in [0.2, 0.25) is 0 Å². The van der Waals surface area contributed by atoms with Crippen LogP contribution in [0.1, 0.15) is 5.56 Å². The Bertz CT molecular complexity index is 437. The molecular weight excluding hydrogens is 190 g/mol. The maximum atomic E-state index is 11.5. The molecule has 1 aromatic rings. The molecule has 76 valence electrons. The number of benzene rings is 1. The first-order valence-electron chi connectivity index (χ1n) is 4.65.